The summed E-state index contributed by atoms with van der Waals surface area (Å²) in [5.74, 6) is 1.32. The molecule has 6 rings (SSSR count). The molecule has 0 amide bonds. The van der Waals surface area contributed by atoms with Crippen molar-refractivity contribution >= 4 is 21.9 Å². The molecule has 170 valence electrons. The summed E-state index contributed by atoms with van der Waals surface area (Å²) < 4.78 is 12.5. The molecular weight excluding hydrogens is 432 g/mol. The second-order valence-electron chi connectivity index (χ2n) is 8.89. The van der Waals surface area contributed by atoms with Crippen molar-refractivity contribution < 1.29 is 9.15 Å². The SMILES string of the molecule is CC(C)c1cc(Oc2cccc(-c3ccccc3)n2)nc(-c2cccc3c2oc2ccccc23)c1. The van der Waals surface area contributed by atoms with Gasteiger partial charge in [-0.15, -0.1) is 0 Å². The Balaban J connectivity index is 1.44. The Morgan fingerprint density at radius 1 is 0.657 bits per heavy atom. The lowest BCUT2D eigenvalue weighted by molar-refractivity contribution is 0.445. The number of aromatic nitrogens is 2. The van der Waals surface area contributed by atoms with Gasteiger partial charge in [0.1, 0.15) is 11.2 Å². The highest BCUT2D eigenvalue weighted by Gasteiger charge is 2.16. The lowest BCUT2D eigenvalue weighted by Crippen LogP contribution is -1.97. The normalized spacial score (nSPS) is 11.4. The third kappa shape index (κ3) is 4.04. The van der Waals surface area contributed by atoms with Crippen LogP contribution in [0.1, 0.15) is 25.3 Å². The molecule has 3 aromatic carbocycles. The monoisotopic (exact) mass is 456 g/mol. The number of hydrogen-bond acceptors (Lipinski definition) is 4. The number of furan rings is 1. The highest BCUT2D eigenvalue weighted by Crippen LogP contribution is 2.37. The molecule has 0 saturated heterocycles. The first-order chi connectivity index (χ1) is 17.2. The van der Waals surface area contributed by atoms with Crippen molar-refractivity contribution in [1.82, 2.24) is 9.97 Å². The maximum Gasteiger partial charge on any atom is 0.222 e. The summed E-state index contributed by atoms with van der Waals surface area (Å²) in [6, 6.07) is 34.3. The number of ether oxygens (including phenoxy) is 1. The second kappa shape index (κ2) is 8.73. The number of pyridine rings is 2. The van der Waals surface area contributed by atoms with Crippen molar-refractivity contribution in [3.63, 3.8) is 0 Å². The van der Waals surface area contributed by atoms with Gasteiger partial charge in [0.05, 0.1) is 11.4 Å². The van der Waals surface area contributed by atoms with E-state index in [-0.39, 0.29) is 0 Å². The van der Waals surface area contributed by atoms with E-state index >= 15 is 0 Å². The highest BCUT2D eigenvalue weighted by atomic mass is 16.5. The quantitative estimate of drug-likeness (QED) is 0.260. The molecular formula is C31H24N2O2. The molecule has 0 bridgehead atoms. The van der Waals surface area contributed by atoms with Crippen LogP contribution >= 0.6 is 0 Å². The fourth-order valence-electron chi connectivity index (χ4n) is 4.35. The van der Waals surface area contributed by atoms with Gasteiger partial charge in [-0.25, -0.2) is 9.97 Å². The van der Waals surface area contributed by atoms with Crippen molar-refractivity contribution in [2.45, 2.75) is 19.8 Å². The van der Waals surface area contributed by atoms with Crippen molar-refractivity contribution in [2.75, 3.05) is 0 Å². The minimum Gasteiger partial charge on any atom is -0.455 e. The number of nitrogens with zero attached hydrogens (tertiary/aromatic N) is 2. The van der Waals surface area contributed by atoms with Gasteiger partial charge in [0.2, 0.25) is 11.8 Å². The lowest BCUT2D eigenvalue weighted by atomic mass is 10.0. The van der Waals surface area contributed by atoms with Crippen LogP contribution in [-0.2, 0) is 0 Å². The Morgan fingerprint density at radius 2 is 1.40 bits per heavy atom. The molecule has 0 saturated carbocycles. The zero-order chi connectivity index (χ0) is 23.8. The average molecular weight is 457 g/mol. The summed E-state index contributed by atoms with van der Waals surface area (Å²) in [4.78, 5) is 9.60. The summed E-state index contributed by atoms with van der Waals surface area (Å²) >= 11 is 0. The van der Waals surface area contributed by atoms with Gasteiger partial charge >= 0.3 is 0 Å². The third-order valence-corrected chi connectivity index (χ3v) is 6.17. The molecule has 3 aromatic heterocycles. The molecule has 35 heavy (non-hydrogen) atoms. The standard InChI is InChI=1S/C31H24N2O2/c1-20(2)22-18-27(25-14-8-13-24-23-12-6-7-16-28(23)34-31(24)25)33-30(19-22)35-29-17-9-15-26(32-29)21-10-4-3-5-11-21/h3-20H,1-2H3. The number of rotatable bonds is 5. The van der Waals surface area contributed by atoms with E-state index in [2.05, 4.69) is 44.2 Å². The number of hydrogen-bond donors (Lipinski definition) is 0. The summed E-state index contributed by atoms with van der Waals surface area (Å²) in [5.41, 5.74) is 6.49. The first kappa shape index (κ1) is 21.1. The zero-order valence-electron chi connectivity index (χ0n) is 19.6. The van der Waals surface area contributed by atoms with Crippen molar-refractivity contribution in [2.24, 2.45) is 0 Å². The number of para-hydroxylation sites is 2. The Kier molecular flexibility index (Phi) is 5.27. The van der Waals surface area contributed by atoms with Crippen LogP contribution in [0.25, 0.3) is 44.5 Å². The van der Waals surface area contributed by atoms with Gasteiger partial charge in [-0.05, 0) is 35.7 Å². The van der Waals surface area contributed by atoms with Gasteiger partial charge in [-0.1, -0.05) is 80.6 Å². The van der Waals surface area contributed by atoms with Crippen LogP contribution in [0.5, 0.6) is 11.8 Å². The molecule has 4 heteroatoms. The van der Waals surface area contributed by atoms with Crippen molar-refractivity contribution in [3.05, 3.63) is 109 Å². The molecule has 4 nitrogen and oxygen atoms in total. The van der Waals surface area contributed by atoms with E-state index in [4.69, 9.17) is 19.1 Å². The fourth-order valence-corrected chi connectivity index (χ4v) is 4.35. The molecule has 0 spiro atoms. The first-order valence-electron chi connectivity index (χ1n) is 11.8. The Morgan fingerprint density at radius 3 is 2.26 bits per heavy atom. The largest absolute Gasteiger partial charge is 0.455 e. The van der Waals surface area contributed by atoms with Gasteiger partial charge in [-0.3, -0.25) is 0 Å². The van der Waals surface area contributed by atoms with E-state index in [1.807, 2.05) is 72.8 Å². The van der Waals surface area contributed by atoms with Crippen LogP contribution in [0.3, 0.4) is 0 Å². The van der Waals surface area contributed by atoms with Crippen LogP contribution in [0.15, 0.2) is 108 Å². The zero-order valence-corrected chi connectivity index (χ0v) is 19.6. The maximum absolute atomic E-state index is 6.27. The van der Waals surface area contributed by atoms with Gasteiger partial charge in [0, 0.05) is 34.0 Å². The van der Waals surface area contributed by atoms with Crippen LogP contribution in [-0.4, -0.2) is 9.97 Å². The third-order valence-electron chi connectivity index (χ3n) is 6.17. The summed E-state index contributed by atoms with van der Waals surface area (Å²) in [5, 5.41) is 2.18. The molecule has 0 radical (unpaired) electrons. The minimum atomic E-state index is 0.303. The van der Waals surface area contributed by atoms with E-state index in [1.165, 1.54) is 0 Å². The average Bonchev–Trinajstić information content (AvgIpc) is 3.28. The lowest BCUT2D eigenvalue weighted by Gasteiger charge is -2.13. The molecule has 0 aliphatic heterocycles. The molecule has 0 aliphatic carbocycles. The molecule has 0 aliphatic rings. The van der Waals surface area contributed by atoms with E-state index in [0.29, 0.717) is 17.7 Å². The Labute approximate surface area is 203 Å². The summed E-state index contributed by atoms with van der Waals surface area (Å²) in [6.07, 6.45) is 0. The Bertz CT molecular complexity index is 1650. The van der Waals surface area contributed by atoms with E-state index < -0.39 is 0 Å². The minimum absolute atomic E-state index is 0.303. The first-order valence-corrected chi connectivity index (χ1v) is 11.8. The van der Waals surface area contributed by atoms with Crippen LogP contribution < -0.4 is 4.74 Å². The predicted molar refractivity (Wildman–Crippen MR) is 141 cm³/mol. The predicted octanol–water partition coefficient (Wildman–Crippen LogP) is 8.63. The highest BCUT2D eigenvalue weighted by molar-refractivity contribution is 6.09. The molecule has 0 atom stereocenters. The van der Waals surface area contributed by atoms with Crippen molar-refractivity contribution in [3.8, 4) is 34.3 Å². The summed E-state index contributed by atoms with van der Waals surface area (Å²) in [6.45, 7) is 4.33. The van der Waals surface area contributed by atoms with E-state index in [0.717, 1.165) is 50.0 Å². The van der Waals surface area contributed by atoms with Gasteiger partial charge in [-0.2, -0.15) is 0 Å². The smallest absolute Gasteiger partial charge is 0.222 e. The Hall–Kier alpha value is -4.44. The molecule has 0 N–H and O–H groups in total. The van der Waals surface area contributed by atoms with E-state index in [1.54, 1.807) is 0 Å². The van der Waals surface area contributed by atoms with E-state index in [9.17, 15) is 0 Å². The molecule has 3 heterocycles. The molecule has 6 aromatic rings. The van der Waals surface area contributed by atoms with Gasteiger partial charge in [0.15, 0.2) is 0 Å². The molecule has 0 fully saturated rings. The number of benzene rings is 3. The fraction of sp³-hybridized carbons (Fsp3) is 0.0968. The van der Waals surface area contributed by atoms with Crippen LogP contribution in [0.4, 0.5) is 0 Å². The topological polar surface area (TPSA) is 48.2 Å². The number of fused-ring (bicyclic) bond motifs is 3. The second-order valence-corrected chi connectivity index (χ2v) is 8.89. The van der Waals surface area contributed by atoms with Gasteiger partial charge in [0.25, 0.3) is 0 Å². The van der Waals surface area contributed by atoms with Crippen molar-refractivity contribution in [1.29, 1.82) is 0 Å². The van der Waals surface area contributed by atoms with Crippen LogP contribution in [0.2, 0.25) is 0 Å². The maximum atomic E-state index is 6.27. The summed E-state index contributed by atoms with van der Waals surface area (Å²) in [7, 11) is 0. The van der Waals surface area contributed by atoms with Gasteiger partial charge < -0.3 is 9.15 Å². The molecule has 0 unspecified atom stereocenters. The van der Waals surface area contributed by atoms with Crippen LogP contribution in [0, 0.1) is 0 Å².